The third-order valence-electron chi connectivity index (χ3n) is 9.41. The van der Waals surface area contributed by atoms with Gasteiger partial charge in [-0.05, 0) is 75.0 Å². The van der Waals surface area contributed by atoms with Crippen molar-refractivity contribution < 1.29 is 22.3 Å². The first-order valence-corrected chi connectivity index (χ1v) is 14.1. The Hall–Kier alpha value is -0.840. The molecule has 2 unspecified atom stereocenters. The number of hydrogen-bond donors (Lipinski definition) is 0. The number of alkyl halides is 4. The first kappa shape index (κ1) is 26.2. The van der Waals surface area contributed by atoms with Crippen LogP contribution in [0, 0.1) is 29.6 Å². The normalized spacial score (nSPS) is 38.2. The lowest BCUT2D eigenvalue weighted by atomic mass is 9.71. The lowest BCUT2D eigenvalue weighted by Crippen LogP contribution is -2.50. The lowest BCUT2D eigenvalue weighted by molar-refractivity contribution is -0.177. The monoisotopic (exact) mass is 484 g/mol. The highest BCUT2D eigenvalue weighted by Crippen LogP contribution is 2.54. The molecule has 0 bridgehead atoms. The number of halogens is 4. The summed E-state index contributed by atoms with van der Waals surface area (Å²) in [5, 5.41) is 0. The van der Waals surface area contributed by atoms with Crippen LogP contribution in [0.3, 0.4) is 0 Å². The maximum absolute atomic E-state index is 15.3. The van der Waals surface area contributed by atoms with E-state index in [1.807, 2.05) is 0 Å². The van der Waals surface area contributed by atoms with Gasteiger partial charge in [-0.1, -0.05) is 64.5 Å². The molecule has 0 aromatic carbocycles. The molecule has 1 nitrogen and oxygen atoms in total. The molecule has 4 aliphatic rings. The molecule has 1 heterocycles. The van der Waals surface area contributed by atoms with Crippen molar-refractivity contribution in [2.75, 3.05) is 6.61 Å². The molecule has 5 heteroatoms. The van der Waals surface area contributed by atoms with E-state index < -0.39 is 29.3 Å². The fourth-order valence-electron chi connectivity index (χ4n) is 7.35. The summed E-state index contributed by atoms with van der Waals surface area (Å²) in [6.45, 7) is 4.50. The minimum absolute atomic E-state index is 0.0987. The molecule has 3 aliphatic carbocycles. The van der Waals surface area contributed by atoms with Gasteiger partial charge in [0.2, 0.25) is 0 Å². The van der Waals surface area contributed by atoms with Gasteiger partial charge in [-0.2, -0.15) is 17.6 Å². The van der Waals surface area contributed by atoms with E-state index in [-0.39, 0.29) is 18.3 Å². The van der Waals surface area contributed by atoms with E-state index in [4.69, 9.17) is 4.74 Å². The van der Waals surface area contributed by atoms with Crippen molar-refractivity contribution in [2.24, 2.45) is 29.6 Å². The number of allylic oxidation sites excluding steroid dienone is 3. The van der Waals surface area contributed by atoms with E-state index in [1.165, 1.54) is 37.8 Å². The average molecular weight is 485 g/mol. The largest absolute Gasteiger partial charge is 0.377 e. The highest BCUT2D eigenvalue weighted by atomic mass is 19.3. The summed E-state index contributed by atoms with van der Waals surface area (Å²) in [5.41, 5.74) is -0.749. The maximum atomic E-state index is 15.3. The second-order valence-corrected chi connectivity index (χ2v) is 11.6. The van der Waals surface area contributed by atoms with Crippen LogP contribution in [-0.4, -0.2) is 24.6 Å². The molecular formula is C29H44F4O. The molecule has 0 spiro atoms. The molecule has 2 atom stereocenters. The van der Waals surface area contributed by atoms with Crippen LogP contribution < -0.4 is 0 Å². The molecule has 0 aromatic rings. The molecule has 1 saturated heterocycles. The minimum Gasteiger partial charge on any atom is -0.377 e. The molecule has 34 heavy (non-hydrogen) atoms. The number of ether oxygens (including phenoxy) is 1. The van der Waals surface area contributed by atoms with Gasteiger partial charge in [0.05, 0.1) is 12.7 Å². The van der Waals surface area contributed by atoms with Crippen molar-refractivity contribution in [2.45, 2.75) is 122 Å². The molecule has 1 aliphatic heterocycles. The Morgan fingerprint density at radius 3 is 1.62 bits per heavy atom. The van der Waals surface area contributed by atoms with Crippen LogP contribution in [0.1, 0.15) is 104 Å². The van der Waals surface area contributed by atoms with Gasteiger partial charge in [0.25, 0.3) is 0 Å². The summed E-state index contributed by atoms with van der Waals surface area (Å²) in [5.74, 6) is -7.42. The van der Waals surface area contributed by atoms with Gasteiger partial charge < -0.3 is 4.74 Å². The van der Waals surface area contributed by atoms with E-state index >= 15 is 17.6 Å². The van der Waals surface area contributed by atoms with Gasteiger partial charge in [0, 0.05) is 17.1 Å². The third-order valence-corrected chi connectivity index (χ3v) is 9.41. The van der Waals surface area contributed by atoms with E-state index in [0.717, 1.165) is 44.4 Å². The zero-order chi connectivity index (χ0) is 24.3. The predicted octanol–water partition coefficient (Wildman–Crippen LogP) is 9.13. The fraction of sp³-hybridized carbons (Fsp3) is 0.862. The van der Waals surface area contributed by atoms with Crippen molar-refractivity contribution in [3.05, 3.63) is 23.3 Å². The summed E-state index contributed by atoms with van der Waals surface area (Å²) in [4.78, 5) is 0. The number of hydrogen-bond acceptors (Lipinski definition) is 1. The van der Waals surface area contributed by atoms with E-state index in [2.05, 4.69) is 13.8 Å². The highest BCUT2D eigenvalue weighted by Gasteiger charge is 2.64. The van der Waals surface area contributed by atoms with Gasteiger partial charge in [-0.25, -0.2) is 0 Å². The summed E-state index contributed by atoms with van der Waals surface area (Å²) in [6.07, 6.45) is 16.4. The second kappa shape index (κ2) is 11.0. The van der Waals surface area contributed by atoms with Crippen molar-refractivity contribution >= 4 is 0 Å². The highest BCUT2D eigenvalue weighted by molar-refractivity contribution is 5.40. The van der Waals surface area contributed by atoms with E-state index in [1.54, 1.807) is 0 Å². The lowest BCUT2D eigenvalue weighted by Gasteiger charge is -2.43. The average Bonchev–Trinajstić information content (AvgIpc) is 2.83. The summed E-state index contributed by atoms with van der Waals surface area (Å²) >= 11 is 0. The Morgan fingerprint density at radius 2 is 1.15 bits per heavy atom. The first-order chi connectivity index (χ1) is 16.3. The topological polar surface area (TPSA) is 9.23 Å². The van der Waals surface area contributed by atoms with Crippen LogP contribution in [-0.2, 0) is 4.74 Å². The van der Waals surface area contributed by atoms with Crippen LogP contribution in [0.2, 0.25) is 0 Å². The fourth-order valence-corrected chi connectivity index (χ4v) is 7.35. The van der Waals surface area contributed by atoms with Gasteiger partial charge in [-0.15, -0.1) is 0 Å². The first-order valence-electron chi connectivity index (χ1n) is 14.1. The van der Waals surface area contributed by atoms with Crippen LogP contribution in [0.25, 0.3) is 0 Å². The summed E-state index contributed by atoms with van der Waals surface area (Å²) < 4.78 is 67.1. The van der Waals surface area contributed by atoms with E-state index in [9.17, 15) is 0 Å². The van der Waals surface area contributed by atoms with Crippen molar-refractivity contribution in [1.82, 2.24) is 0 Å². The maximum Gasteiger partial charge on any atom is 0.336 e. The molecule has 0 radical (unpaired) electrons. The minimum atomic E-state index is -4.13. The molecule has 2 saturated carbocycles. The van der Waals surface area contributed by atoms with Crippen LogP contribution in [0.5, 0.6) is 0 Å². The second-order valence-electron chi connectivity index (χ2n) is 11.6. The number of rotatable bonds is 7. The van der Waals surface area contributed by atoms with Gasteiger partial charge in [0.1, 0.15) is 0 Å². The molecule has 3 fully saturated rings. The zero-order valence-electron chi connectivity index (χ0n) is 21.1. The van der Waals surface area contributed by atoms with Crippen molar-refractivity contribution in [3.8, 4) is 0 Å². The standard InChI is InChI=1S/C29H44F4O/c1-3-5-20-7-11-22(12-8-20)25-16-17-26(29(32,33)28(25,30)31)24-15-18-27(34-19-24)23-13-9-21(6-4-2)10-14-23/h16-17,20-24,27H,3-15,18-19H2,1-2H3. The quantitative estimate of drug-likeness (QED) is 0.327. The predicted molar refractivity (Wildman–Crippen MR) is 129 cm³/mol. The van der Waals surface area contributed by atoms with E-state index in [0.29, 0.717) is 37.5 Å². The Morgan fingerprint density at radius 1 is 0.676 bits per heavy atom. The Balaban J connectivity index is 1.38. The van der Waals surface area contributed by atoms with Crippen LogP contribution in [0.15, 0.2) is 23.3 Å². The van der Waals surface area contributed by atoms with Crippen molar-refractivity contribution in [3.63, 3.8) is 0 Å². The molecular weight excluding hydrogens is 440 g/mol. The smallest absolute Gasteiger partial charge is 0.336 e. The van der Waals surface area contributed by atoms with Crippen LogP contribution in [0.4, 0.5) is 17.6 Å². The van der Waals surface area contributed by atoms with Crippen LogP contribution >= 0.6 is 0 Å². The Kier molecular flexibility index (Phi) is 8.52. The summed E-state index contributed by atoms with van der Waals surface area (Å²) in [7, 11) is 0. The van der Waals surface area contributed by atoms with Crippen molar-refractivity contribution in [1.29, 1.82) is 0 Å². The molecule has 0 aromatic heterocycles. The molecule has 0 amide bonds. The Labute approximate surface area is 203 Å². The van der Waals surface area contributed by atoms with Gasteiger partial charge in [0.15, 0.2) is 0 Å². The zero-order valence-corrected chi connectivity index (χ0v) is 21.1. The summed E-state index contributed by atoms with van der Waals surface area (Å²) in [6, 6.07) is 0. The van der Waals surface area contributed by atoms with Gasteiger partial charge in [-0.3, -0.25) is 0 Å². The molecule has 194 valence electrons. The third kappa shape index (κ3) is 5.30. The SMILES string of the molecule is CCCC1CCC(C2=CC=C(C3CCC(C4CCC(CCC)CC4)OC3)C(F)(F)C2(F)F)CC1. The Bertz CT molecular complexity index is 718. The molecule has 4 rings (SSSR count). The van der Waals surface area contributed by atoms with Gasteiger partial charge >= 0.3 is 11.8 Å². The molecule has 0 N–H and O–H groups in total.